The molecule has 20 heavy (non-hydrogen) atoms. The number of hydrogen-bond donors (Lipinski definition) is 2. The van der Waals surface area contributed by atoms with Crippen LogP contribution in [0.4, 0.5) is 10.1 Å². The Morgan fingerprint density at radius 3 is 2.95 bits per heavy atom. The van der Waals surface area contributed by atoms with Crippen LogP contribution in [-0.2, 0) is 9.53 Å². The average Bonchev–Trinajstić information content (AvgIpc) is 2.91. The van der Waals surface area contributed by atoms with Crippen LogP contribution < -0.4 is 11.1 Å². The van der Waals surface area contributed by atoms with Gasteiger partial charge in [0.05, 0.1) is 11.8 Å². The Labute approximate surface area is 122 Å². The van der Waals surface area contributed by atoms with Crippen LogP contribution in [0.3, 0.4) is 0 Å². The second-order valence-electron chi connectivity index (χ2n) is 4.78. The summed E-state index contributed by atoms with van der Waals surface area (Å²) in [6, 6.07) is 4.27. The molecule has 1 unspecified atom stereocenters. The molecule has 0 aromatic heterocycles. The van der Waals surface area contributed by atoms with Gasteiger partial charge in [0, 0.05) is 18.6 Å². The molecule has 0 aliphatic carbocycles. The second kappa shape index (κ2) is 6.76. The molecule has 1 aromatic rings. The summed E-state index contributed by atoms with van der Waals surface area (Å²) >= 11 is 4.77. The number of ether oxygens (including phenoxy) is 1. The van der Waals surface area contributed by atoms with Gasteiger partial charge >= 0.3 is 0 Å². The van der Waals surface area contributed by atoms with Crippen molar-refractivity contribution in [3.8, 4) is 0 Å². The van der Waals surface area contributed by atoms with Crippen molar-refractivity contribution in [3.63, 3.8) is 0 Å². The first-order valence-corrected chi connectivity index (χ1v) is 6.98. The number of nitrogens with one attached hydrogen (secondary N) is 1. The van der Waals surface area contributed by atoms with Crippen molar-refractivity contribution >= 4 is 28.8 Å². The van der Waals surface area contributed by atoms with Crippen LogP contribution in [0, 0.1) is 5.82 Å². The SMILES string of the molecule is NC(=S)c1ccc(NC(=O)CCC2CCCO2)c(F)c1. The van der Waals surface area contributed by atoms with E-state index in [1.54, 1.807) is 6.07 Å². The first-order chi connectivity index (χ1) is 9.56. The fourth-order valence-electron chi connectivity index (χ4n) is 2.15. The van der Waals surface area contributed by atoms with Gasteiger partial charge in [0.15, 0.2) is 0 Å². The van der Waals surface area contributed by atoms with E-state index in [0.717, 1.165) is 19.4 Å². The van der Waals surface area contributed by atoms with E-state index in [9.17, 15) is 9.18 Å². The number of thiocarbonyl (C=S) groups is 1. The van der Waals surface area contributed by atoms with E-state index < -0.39 is 5.82 Å². The Morgan fingerprint density at radius 2 is 2.35 bits per heavy atom. The number of amides is 1. The highest BCUT2D eigenvalue weighted by Gasteiger charge is 2.17. The maximum absolute atomic E-state index is 13.8. The Balaban J connectivity index is 1.88. The Kier molecular flexibility index (Phi) is 5.03. The van der Waals surface area contributed by atoms with Gasteiger partial charge in [0.1, 0.15) is 10.8 Å². The Bertz CT molecular complexity index is 516. The lowest BCUT2D eigenvalue weighted by molar-refractivity contribution is -0.116. The molecule has 1 aliphatic rings. The number of anilines is 1. The summed E-state index contributed by atoms with van der Waals surface area (Å²) in [5.74, 6) is -0.761. The molecule has 6 heteroatoms. The molecule has 0 radical (unpaired) electrons. The van der Waals surface area contributed by atoms with Gasteiger partial charge in [-0.3, -0.25) is 4.79 Å². The molecule has 1 aliphatic heterocycles. The molecule has 0 bridgehead atoms. The number of halogens is 1. The van der Waals surface area contributed by atoms with Crippen molar-refractivity contribution in [1.82, 2.24) is 0 Å². The minimum Gasteiger partial charge on any atom is -0.389 e. The topological polar surface area (TPSA) is 64.3 Å². The van der Waals surface area contributed by atoms with Crippen LogP contribution in [0.25, 0.3) is 0 Å². The van der Waals surface area contributed by atoms with E-state index in [2.05, 4.69) is 5.32 Å². The van der Waals surface area contributed by atoms with Gasteiger partial charge in [-0.2, -0.15) is 0 Å². The molecule has 3 N–H and O–H groups in total. The molecule has 1 amide bonds. The van der Waals surface area contributed by atoms with E-state index in [4.69, 9.17) is 22.7 Å². The molecule has 1 heterocycles. The van der Waals surface area contributed by atoms with Crippen molar-refractivity contribution in [1.29, 1.82) is 0 Å². The second-order valence-corrected chi connectivity index (χ2v) is 5.22. The van der Waals surface area contributed by atoms with E-state index in [-0.39, 0.29) is 22.7 Å². The summed E-state index contributed by atoms with van der Waals surface area (Å²) in [4.78, 5) is 11.9. The van der Waals surface area contributed by atoms with Gasteiger partial charge in [-0.1, -0.05) is 12.2 Å². The maximum Gasteiger partial charge on any atom is 0.224 e. The minimum absolute atomic E-state index is 0.125. The van der Waals surface area contributed by atoms with Crippen LogP contribution in [0.15, 0.2) is 18.2 Å². The predicted octanol–water partition coefficient (Wildman–Crippen LogP) is 2.36. The number of nitrogens with two attached hydrogens (primary N) is 1. The molecule has 4 nitrogen and oxygen atoms in total. The zero-order valence-electron chi connectivity index (χ0n) is 11.0. The van der Waals surface area contributed by atoms with Crippen LogP contribution >= 0.6 is 12.2 Å². The zero-order valence-corrected chi connectivity index (χ0v) is 11.8. The monoisotopic (exact) mass is 296 g/mol. The van der Waals surface area contributed by atoms with Gasteiger partial charge in [0.25, 0.3) is 0 Å². The van der Waals surface area contributed by atoms with Crippen molar-refractivity contribution in [3.05, 3.63) is 29.6 Å². The van der Waals surface area contributed by atoms with Crippen LogP contribution in [0.5, 0.6) is 0 Å². The molecule has 0 saturated carbocycles. The number of carbonyl (C=O) groups excluding carboxylic acids is 1. The molecule has 1 fully saturated rings. The van der Waals surface area contributed by atoms with E-state index in [0.29, 0.717) is 18.4 Å². The third kappa shape index (κ3) is 3.98. The Hall–Kier alpha value is -1.53. The van der Waals surface area contributed by atoms with Crippen molar-refractivity contribution in [2.24, 2.45) is 5.73 Å². The van der Waals surface area contributed by atoms with Gasteiger partial charge in [-0.05, 0) is 37.5 Å². The summed E-state index contributed by atoms with van der Waals surface area (Å²) in [7, 11) is 0. The largest absolute Gasteiger partial charge is 0.389 e. The highest BCUT2D eigenvalue weighted by atomic mass is 32.1. The normalized spacial score (nSPS) is 17.9. The average molecular weight is 296 g/mol. The summed E-state index contributed by atoms with van der Waals surface area (Å²) < 4.78 is 19.2. The lowest BCUT2D eigenvalue weighted by atomic mass is 10.1. The quantitative estimate of drug-likeness (QED) is 0.819. The maximum atomic E-state index is 13.8. The number of hydrogen-bond acceptors (Lipinski definition) is 3. The van der Waals surface area contributed by atoms with Crippen molar-refractivity contribution in [2.45, 2.75) is 31.8 Å². The Morgan fingerprint density at radius 1 is 1.55 bits per heavy atom. The molecule has 0 spiro atoms. The molecular weight excluding hydrogens is 279 g/mol. The lowest BCUT2D eigenvalue weighted by Gasteiger charge is -2.10. The smallest absolute Gasteiger partial charge is 0.224 e. The van der Waals surface area contributed by atoms with E-state index in [1.807, 2.05) is 0 Å². The molecule has 1 saturated heterocycles. The highest BCUT2D eigenvalue weighted by molar-refractivity contribution is 7.80. The number of carbonyl (C=O) groups is 1. The summed E-state index contributed by atoms with van der Waals surface area (Å²) in [5.41, 5.74) is 6.00. The van der Waals surface area contributed by atoms with Crippen LogP contribution in [0.1, 0.15) is 31.2 Å². The third-order valence-corrected chi connectivity index (χ3v) is 3.48. The van der Waals surface area contributed by atoms with E-state index >= 15 is 0 Å². The van der Waals surface area contributed by atoms with Gasteiger partial charge < -0.3 is 15.8 Å². The lowest BCUT2D eigenvalue weighted by Crippen LogP contribution is -2.16. The molecule has 1 aromatic carbocycles. The minimum atomic E-state index is -0.541. The van der Waals surface area contributed by atoms with Gasteiger partial charge in [-0.25, -0.2) is 4.39 Å². The standard InChI is InChI=1S/C14H17FN2O2S/c15-11-8-9(14(16)20)3-5-12(11)17-13(18)6-4-10-2-1-7-19-10/h3,5,8,10H,1-2,4,6-7H2,(H2,16,20)(H,17,18). The first-order valence-electron chi connectivity index (χ1n) is 6.57. The zero-order chi connectivity index (χ0) is 14.5. The third-order valence-electron chi connectivity index (χ3n) is 3.25. The highest BCUT2D eigenvalue weighted by Crippen LogP contribution is 2.19. The van der Waals surface area contributed by atoms with Gasteiger partial charge in [-0.15, -0.1) is 0 Å². The van der Waals surface area contributed by atoms with Crippen molar-refractivity contribution < 1.29 is 13.9 Å². The number of benzene rings is 1. The fourth-order valence-corrected chi connectivity index (χ4v) is 2.27. The first kappa shape index (κ1) is 14.9. The summed E-state index contributed by atoms with van der Waals surface area (Å²) in [5, 5.41) is 2.55. The van der Waals surface area contributed by atoms with E-state index in [1.165, 1.54) is 12.1 Å². The summed E-state index contributed by atoms with van der Waals surface area (Å²) in [6.45, 7) is 0.765. The fraction of sp³-hybridized carbons (Fsp3) is 0.429. The van der Waals surface area contributed by atoms with Crippen LogP contribution in [-0.4, -0.2) is 23.6 Å². The molecule has 2 rings (SSSR count). The van der Waals surface area contributed by atoms with Gasteiger partial charge in [0.2, 0.25) is 5.91 Å². The molecule has 108 valence electrons. The summed E-state index contributed by atoms with van der Waals surface area (Å²) in [6.07, 6.45) is 3.17. The van der Waals surface area contributed by atoms with Crippen molar-refractivity contribution in [2.75, 3.05) is 11.9 Å². The molecule has 1 atom stereocenters. The molecular formula is C14H17FN2O2S. The van der Waals surface area contributed by atoms with Crippen LogP contribution in [0.2, 0.25) is 0 Å². The predicted molar refractivity (Wildman–Crippen MR) is 79.1 cm³/mol. The number of rotatable bonds is 5.